The Morgan fingerprint density at radius 2 is 1.67 bits per heavy atom. The lowest BCUT2D eigenvalue weighted by Gasteiger charge is -2.54. The summed E-state index contributed by atoms with van der Waals surface area (Å²) < 4.78 is 5.82. The highest BCUT2D eigenvalue weighted by Gasteiger charge is 2.49. The number of nitrogens with one attached hydrogen (secondary N) is 1. The minimum Gasteiger partial charge on any atom is -0.478 e. The Labute approximate surface area is 183 Å². The number of aromatic carboxylic acids is 1. The number of amides is 1. The summed E-state index contributed by atoms with van der Waals surface area (Å²) in [5, 5.41) is 12.4. The second-order valence-corrected chi connectivity index (χ2v) is 9.56. The molecule has 0 aromatic heterocycles. The summed E-state index contributed by atoms with van der Waals surface area (Å²) in [4.78, 5) is 26.2. The van der Waals surface area contributed by atoms with Crippen LogP contribution in [-0.4, -0.2) is 53.7 Å². The Bertz CT molecular complexity index is 756. The van der Waals surface area contributed by atoms with E-state index in [1.807, 2.05) is 12.1 Å². The molecule has 1 aromatic rings. The maximum absolute atomic E-state index is 13.0. The predicted molar refractivity (Wildman–Crippen MR) is 115 cm³/mol. The van der Waals surface area contributed by atoms with E-state index in [9.17, 15) is 9.59 Å². The Balaban J connectivity index is 0.00000218. The van der Waals surface area contributed by atoms with Crippen LogP contribution in [0.4, 0.5) is 0 Å². The zero-order chi connectivity index (χ0) is 20.0. The van der Waals surface area contributed by atoms with Crippen molar-refractivity contribution in [2.75, 3.05) is 19.7 Å². The van der Waals surface area contributed by atoms with Gasteiger partial charge in [-0.1, -0.05) is 12.1 Å². The first-order valence-electron chi connectivity index (χ1n) is 11.0. The van der Waals surface area contributed by atoms with Gasteiger partial charge in [0.2, 0.25) is 0 Å². The Morgan fingerprint density at radius 3 is 2.27 bits per heavy atom. The zero-order valence-corrected chi connectivity index (χ0v) is 18.0. The van der Waals surface area contributed by atoms with Crippen molar-refractivity contribution in [2.24, 2.45) is 23.7 Å². The Morgan fingerprint density at radius 1 is 1.03 bits per heavy atom. The highest BCUT2D eigenvalue weighted by Crippen LogP contribution is 2.53. The molecule has 1 aromatic carbocycles. The van der Waals surface area contributed by atoms with E-state index in [1.54, 1.807) is 12.1 Å². The normalized spacial score (nSPS) is 34.9. The van der Waals surface area contributed by atoms with Gasteiger partial charge in [-0.15, -0.1) is 12.4 Å². The van der Waals surface area contributed by atoms with Crippen molar-refractivity contribution in [3.05, 3.63) is 35.4 Å². The van der Waals surface area contributed by atoms with Gasteiger partial charge in [-0.3, -0.25) is 9.69 Å². The molecule has 1 saturated heterocycles. The van der Waals surface area contributed by atoms with Gasteiger partial charge in [-0.05, 0) is 73.5 Å². The average molecular weight is 435 g/mol. The van der Waals surface area contributed by atoms with Crippen LogP contribution in [0.1, 0.15) is 48.0 Å². The van der Waals surface area contributed by atoms with Crippen LogP contribution < -0.4 is 5.32 Å². The number of halogens is 1. The molecule has 1 aliphatic heterocycles. The van der Waals surface area contributed by atoms with Gasteiger partial charge in [0.05, 0.1) is 12.2 Å². The van der Waals surface area contributed by atoms with Gasteiger partial charge in [-0.25, -0.2) is 4.79 Å². The average Bonchev–Trinajstić information content (AvgIpc) is 2.70. The van der Waals surface area contributed by atoms with Gasteiger partial charge in [0.15, 0.2) is 0 Å². The molecule has 4 aliphatic carbocycles. The molecule has 5 aliphatic rings. The number of carbonyl (C=O) groups is 2. The van der Waals surface area contributed by atoms with Crippen molar-refractivity contribution in [1.29, 1.82) is 0 Å². The van der Waals surface area contributed by atoms with Crippen molar-refractivity contribution in [3.63, 3.8) is 0 Å². The lowest BCUT2D eigenvalue weighted by atomic mass is 9.54. The second-order valence-electron chi connectivity index (χ2n) is 9.56. The van der Waals surface area contributed by atoms with E-state index >= 15 is 0 Å². The topological polar surface area (TPSA) is 78.9 Å². The van der Waals surface area contributed by atoms with Crippen molar-refractivity contribution in [3.8, 4) is 0 Å². The second kappa shape index (κ2) is 8.85. The Hall–Kier alpha value is -1.63. The number of carbonyl (C=O) groups excluding carboxylic acids is 1. The van der Waals surface area contributed by atoms with E-state index < -0.39 is 12.1 Å². The largest absolute Gasteiger partial charge is 0.478 e. The predicted octanol–water partition coefficient (Wildman–Crippen LogP) is 2.95. The molecule has 7 heteroatoms. The Kier molecular flexibility index (Phi) is 6.37. The molecule has 164 valence electrons. The molecule has 2 N–H and O–H groups in total. The number of benzene rings is 1. The van der Waals surface area contributed by atoms with Gasteiger partial charge in [-0.2, -0.15) is 0 Å². The van der Waals surface area contributed by atoms with E-state index in [-0.39, 0.29) is 18.3 Å². The molecule has 1 unspecified atom stereocenters. The van der Waals surface area contributed by atoms with Crippen LogP contribution in [0.2, 0.25) is 0 Å². The molecular formula is C23H31ClN2O4. The van der Waals surface area contributed by atoms with Crippen LogP contribution in [0.5, 0.6) is 0 Å². The number of nitrogens with zero attached hydrogens (tertiary/aromatic N) is 1. The first kappa shape index (κ1) is 21.6. The number of morpholine rings is 1. The number of ether oxygens (including phenoxy) is 1. The molecule has 1 heterocycles. The van der Waals surface area contributed by atoms with E-state index in [4.69, 9.17) is 9.84 Å². The smallest absolute Gasteiger partial charge is 0.335 e. The summed E-state index contributed by atoms with van der Waals surface area (Å²) in [6, 6.07) is 7.31. The molecule has 4 bridgehead atoms. The van der Waals surface area contributed by atoms with Crippen molar-refractivity contribution >= 4 is 24.3 Å². The van der Waals surface area contributed by atoms with E-state index in [1.165, 1.54) is 32.1 Å². The summed E-state index contributed by atoms with van der Waals surface area (Å²) in [6.07, 6.45) is 6.18. The monoisotopic (exact) mass is 434 g/mol. The molecule has 1 atom stereocenters. The van der Waals surface area contributed by atoms with Crippen LogP contribution in [-0.2, 0) is 16.1 Å². The first-order valence-corrected chi connectivity index (χ1v) is 11.0. The van der Waals surface area contributed by atoms with E-state index in [2.05, 4.69) is 10.2 Å². The van der Waals surface area contributed by atoms with E-state index in [0.717, 1.165) is 23.9 Å². The third kappa shape index (κ3) is 4.36. The summed E-state index contributed by atoms with van der Waals surface area (Å²) in [5.74, 6) is 2.28. The maximum Gasteiger partial charge on any atom is 0.335 e. The molecule has 1 amide bonds. The first-order chi connectivity index (χ1) is 14.0. The molecule has 6 rings (SSSR count). The van der Waals surface area contributed by atoms with Gasteiger partial charge in [0.1, 0.15) is 6.10 Å². The number of carboxylic acids is 1. The lowest BCUT2D eigenvalue weighted by Crippen LogP contribution is -2.59. The van der Waals surface area contributed by atoms with Gasteiger partial charge in [0, 0.05) is 25.7 Å². The summed E-state index contributed by atoms with van der Waals surface area (Å²) in [7, 11) is 0. The number of hydrogen-bond acceptors (Lipinski definition) is 4. The fourth-order valence-corrected chi connectivity index (χ4v) is 6.43. The van der Waals surface area contributed by atoms with Crippen LogP contribution in [0.25, 0.3) is 0 Å². The minimum absolute atomic E-state index is 0. The van der Waals surface area contributed by atoms with Crippen LogP contribution >= 0.6 is 12.4 Å². The number of carboxylic acid groups (broad SMARTS) is 1. The summed E-state index contributed by atoms with van der Waals surface area (Å²) >= 11 is 0. The van der Waals surface area contributed by atoms with Gasteiger partial charge in [0.25, 0.3) is 5.91 Å². The van der Waals surface area contributed by atoms with Crippen molar-refractivity contribution < 1.29 is 19.4 Å². The molecule has 0 spiro atoms. The van der Waals surface area contributed by atoms with Crippen molar-refractivity contribution in [1.82, 2.24) is 10.2 Å². The van der Waals surface area contributed by atoms with Crippen LogP contribution in [0, 0.1) is 23.7 Å². The molecular weight excluding hydrogens is 404 g/mol. The molecule has 5 fully saturated rings. The molecule has 6 nitrogen and oxygen atoms in total. The quantitative estimate of drug-likeness (QED) is 0.744. The molecule has 4 saturated carbocycles. The maximum atomic E-state index is 13.0. The standard InChI is InChI=1S/C23H30N2O4.ClH/c26-22(24-21-18-8-15-7-16(10-18)11-19(21)9-15)20-13-25(5-6-29-20)12-14-1-3-17(4-2-14)23(27)28;/h1-4,15-16,18-21H,5-13H2,(H,24,26)(H,27,28);1H. The zero-order valence-electron chi connectivity index (χ0n) is 17.2. The van der Waals surface area contributed by atoms with Crippen LogP contribution in [0.15, 0.2) is 24.3 Å². The van der Waals surface area contributed by atoms with Gasteiger partial charge >= 0.3 is 5.97 Å². The molecule has 30 heavy (non-hydrogen) atoms. The highest BCUT2D eigenvalue weighted by molar-refractivity contribution is 5.87. The summed E-state index contributed by atoms with van der Waals surface area (Å²) in [5.41, 5.74) is 1.35. The SMILES string of the molecule is Cl.O=C(O)c1ccc(CN2CCOC(C(=O)NC3C4CC5CC(C4)CC3C5)C2)cc1. The third-order valence-corrected chi connectivity index (χ3v) is 7.59. The van der Waals surface area contributed by atoms with E-state index in [0.29, 0.717) is 43.1 Å². The van der Waals surface area contributed by atoms with Gasteiger partial charge < -0.3 is 15.2 Å². The minimum atomic E-state index is -0.913. The fourth-order valence-electron chi connectivity index (χ4n) is 6.43. The molecule has 0 radical (unpaired) electrons. The fraction of sp³-hybridized carbons (Fsp3) is 0.652. The van der Waals surface area contributed by atoms with Crippen molar-refractivity contribution in [2.45, 2.75) is 50.8 Å². The lowest BCUT2D eigenvalue weighted by molar-refractivity contribution is -0.142. The van der Waals surface area contributed by atoms with Crippen LogP contribution in [0.3, 0.4) is 0 Å². The third-order valence-electron chi connectivity index (χ3n) is 7.59. The number of rotatable bonds is 5. The summed E-state index contributed by atoms with van der Waals surface area (Å²) in [6.45, 7) is 2.61. The highest BCUT2D eigenvalue weighted by atomic mass is 35.5. The number of hydrogen-bond donors (Lipinski definition) is 2.